The Morgan fingerprint density at radius 1 is 1.11 bits per heavy atom. The largest absolute Gasteiger partial charge is 0.399 e. The van der Waals surface area contributed by atoms with E-state index in [9.17, 15) is 8.42 Å². The third kappa shape index (κ3) is 2.94. The zero-order valence-electron chi connectivity index (χ0n) is 10.8. The molecule has 6 heteroatoms. The summed E-state index contributed by atoms with van der Waals surface area (Å²) in [6.45, 7) is 4.48. The van der Waals surface area contributed by atoms with Crippen LogP contribution in [0.1, 0.15) is 5.56 Å². The Kier molecular flexibility index (Phi) is 3.49. The Balaban J connectivity index is 2.10. The molecule has 18 heavy (non-hydrogen) atoms. The summed E-state index contributed by atoms with van der Waals surface area (Å²) < 4.78 is 24.4. The molecule has 1 saturated heterocycles. The first-order chi connectivity index (χ1) is 8.36. The molecule has 1 aromatic carbocycles. The Bertz CT molecular complexity index is 514. The smallest absolute Gasteiger partial charge is 0.211 e. The van der Waals surface area contributed by atoms with Crippen molar-refractivity contribution in [3.8, 4) is 0 Å². The van der Waals surface area contributed by atoms with Crippen LogP contribution < -0.4 is 10.6 Å². The van der Waals surface area contributed by atoms with Gasteiger partial charge in [-0.05, 0) is 30.7 Å². The van der Waals surface area contributed by atoms with Crippen molar-refractivity contribution >= 4 is 21.4 Å². The van der Waals surface area contributed by atoms with E-state index in [1.807, 2.05) is 19.1 Å². The minimum Gasteiger partial charge on any atom is -0.399 e. The molecule has 0 aromatic heterocycles. The van der Waals surface area contributed by atoms with E-state index in [4.69, 9.17) is 5.73 Å². The molecular formula is C12H19N3O2S. The van der Waals surface area contributed by atoms with Crippen LogP contribution in [0.2, 0.25) is 0 Å². The van der Waals surface area contributed by atoms with E-state index in [0.29, 0.717) is 26.2 Å². The number of rotatable bonds is 2. The van der Waals surface area contributed by atoms with Gasteiger partial charge in [0.25, 0.3) is 0 Å². The van der Waals surface area contributed by atoms with Gasteiger partial charge < -0.3 is 10.6 Å². The van der Waals surface area contributed by atoms with Crippen LogP contribution in [-0.4, -0.2) is 45.2 Å². The lowest BCUT2D eigenvalue weighted by atomic mass is 10.1. The number of aryl methyl sites for hydroxylation is 1. The summed E-state index contributed by atoms with van der Waals surface area (Å²) in [7, 11) is -3.07. The number of nitrogens with zero attached hydrogens (tertiary/aromatic N) is 2. The summed E-state index contributed by atoms with van der Waals surface area (Å²) >= 11 is 0. The maximum atomic E-state index is 11.4. The van der Waals surface area contributed by atoms with Gasteiger partial charge in [-0.25, -0.2) is 8.42 Å². The molecule has 0 amide bonds. The highest BCUT2D eigenvalue weighted by Gasteiger charge is 2.23. The molecule has 0 spiro atoms. The van der Waals surface area contributed by atoms with Crippen molar-refractivity contribution in [2.24, 2.45) is 0 Å². The van der Waals surface area contributed by atoms with E-state index < -0.39 is 10.0 Å². The lowest BCUT2D eigenvalue weighted by Gasteiger charge is -2.35. The minimum absolute atomic E-state index is 0.534. The van der Waals surface area contributed by atoms with Crippen molar-refractivity contribution in [2.75, 3.05) is 43.1 Å². The zero-order chi connectivity index (χ0) is 13.3. The molecule has 0 bridgehead atoms. The molecule has 100 valence electrons. The van der Waals surface area contributed by atoms with Gasteiger partial charge in [-0.3, -0.25) is 0 Å². The van der Waals surface area contributed by atoms with Gasteiger partial charge in [0.2, 0.25) is 10.0 Å². The Morgan fingerprint density at radius 2 is 1.72 bits per heavy atom. The summed E-state index contributed by atoms with van der Waals surface area (Å²) in [5.74, 6) is 0. The molecule has 0 saturated carbocycles. The number of hydrogen-bond donors (Lipinski definition) is 1. The first kappa shape index (κ1) is 13.2. The van der Waals surface area contributed by atoms with E-state index in [2.05, 4.69) is 11.0 Å². The second-order valence-electron chi connectivity index (χ2n) is 4.75. The molecular weight excluding hydrogens is 250 g/mol. The third-order valence-corrected chi connectivity index (χ3v) is 4.46. The van der Waals surface area contributed by atoms with E-state index in [1.54, 1.807) is 0 Å². The van der Waals surface area contributed by atoms with E-state index in [1.165, 1.54) is 10.6 Å². The second kappa shape index (κ2) is 4.78. The molecule has 1 aliphatic rings. The number of nitrogens with two attached hydrogens (primary N) is 1. The molecule has 5 nitrogen and oxygen atoms in total. The van der Waals surface area contributed by atoms with Crippen LogP contribution in [0.5, 0.6) is 0 Å². The summed E-state index contributed by atoms with van der Waals surface area (Å²) in [4.78, 5) is 2.17. The average molecular weight is 269 g/mol. The zero-order valence-corrected chi connectivity index (χ0v) is 11.6. The number of sulfonamides is 1. The Hall–Kier alpha value is -1.27. The third-order valence-electron chi connectivity index (χ3n) is 3.16. The topological polar surface area (TPSA) is 66.6 Å². The fourth-order valence-corrected chi connectivity index (χ4v) is 3.08. The molecule has 1 aliphatic heterocycles. The SMILES string of the molecule is Cc1cc(N)cc(N2CCN(S(C)(=O)=O)CC2)c1. The summed E-state index contributed by atoms with van der Waals surface area (Å²) in [6.07, 6.45) is 1.26. The van der Waals surface area contributed by atoms with Gasteiger partial charge >= 0.3 is 0 Å². The lowest BCUT2D eigenvalue weighted by molar-refractivity contribution is 0.388. The maximum absolute atomic E-state index is 11.4. The molecule has 0 radical (unpaired) electrons. The number of nitrogen functional groups attached to an aromatic ring is 1. The number of hydrogen-bond acceptors (Lipinski definition) is 4. The summed E-state index contributed by atoms with van der Waals surface area (Å²) in [6, 6.07) is 5.94. The number of benzene rings is 1. The highest BCUT2D eigenvalue weighted by molar-refractivity contribution is 7.88. The molecule has 1 aromatic rings. The van der Waals surface area contributed by atoms with Crippen LogP contribution in [0.4, 0.5) is 11.4 Å². The van der Waals surface area contributed by atoms with Gasteiger partial charge in [-0.1, -0.05) is 0 Å². The van der Waals surface area contributed by atoms with E-state index in [-0.39, 0.29) is 0 Å². The molecule has 0 aliphatic carbocycles. The molecule has 2 rings (SSSR count). The van der Waals surface area contributed by atoms with Gasteiger partial charge in [0.15, 0.2) is 0 Å². The Morgan fingerprint density at radius 3 is 2.22 bits per heavy atom. The monoisotopic (exact) mass is 269 g/mol. The van der Waals surface area contributed by atoms with Crippen LogP contribution in [0.15, 0.2) is 18.2 Å². The van der Waals surface area contributed by atoms with Crippen molar-refractivity contribution in [1.29, 1.82) is 0 Å². The minimum atomic E-state index is -3.07. The van der Waals surface area contributed by atoms with Crippen molar-refractivity contribution in [3.63, 3.8) is 0 Å². The van der Waals surface area contributed by atoms with Gasteiger partial charge in [0, 0.05) is 37.6 Å². The van der Waals surface area contributed by atoms with Crippen LogP contribution >= 0.6 is 0 Å². The Labute approximate surface area is 108 Å². The van der Waals surface area contributed by atoms with Crippen molar-refractivity contribution < 1.29 is 8.42 Å². The van der Waals surface area contributed by atoms with Crippen LogP contribution in [0, 0.1) is 6.92 Å². The first-order valence-electron chi connectivity index (χ1n) is 5.93. The second-order valence-corrected chi connectivity index (χ2v) is 6.73. The predicted octanol–water partition coefficient (Wildman–Crippen LogP) is 0.659. The van der Waals surface area contributed by atoms with Gasteiger partial charge in [0.05, 0.1) is 6.26 Å². The number of anilines is 2. The standard InChI is InChI=1S/C12H19N3O2S/c1-10-7-11(13)9-12(8-10)14-3-5-15(6-4-14)18(2,16)17/h7-9H,3-6,13H2,1-2H3. The maximum Gasteiger partial charge on any atom is 0.211 e. The molecule has 0 atom stereocenters. The average Bonchev–Trinajstić information content (AvgIpc) is 2.27. The molecule has 1 fully saturated rings. The molecule has 2 N–H and O–H groups in total. The molecule has 0 unspecified atom stereocenters. The van der Waals surface area contributed by atoms with Crippen molar-refractivity contribution in [1.82, 2.24) is 4.31 Å². The van der Waals surface area contributed by atoms with Gasteiger partial charge in [-0.15, -0.1) is 0 Å². The molecule has 1 heterocycles. The highest BCUT2D eigenvalue weighted by atomic mass is 32.2. The number of piperazine rings is 1. The fourth-order valence-electron chi connectivity index (χ4n) is 2.25. The summed E-state index contributed by atoms with van der Waals surface area (Å²) in [5, 5.41) is 0. The quantitative estimate of drug-likeness (QED) is 0.801. The van der Waals surface area contributed by atoms with Crippen LogP contribution in [0.3, 0.4) is 0 Å². The van der Waals surface area contributed by atoms with Crippen LogP contribution in [0.25, 0.3) is 0 Å². The van der Waals surface area contributed by atoms with Gasteiger partial charge in [-0.2, -0.15) is 4.31 Å². The predicted molar refractivity (Wildman–Crippen MR) is 74.2 cm³/mol. The van der Waals surface area contributed by atoms with E-state index in [0.717, 1.165) is 16.9 Å². The van der Waals surface area contributed by atoms with E-state index >= 15 is 0 Å². The normalized spacial score (nSPS) is 18.0. The summed E-state index contributed by atoms with van der Waals surface area (Å²) in [5.41, 5.74) is 8.77. The lowest BCUT2D eigenvalue weighted by Crippen LogP contribution is -2.48. The van der Waals surface area contributed by atoms with Crippen LogP contribution in [-0.2, 0) is 10.0 Å². The highest BCUT2D eigenvalue weighted by Crippen LogP contribution is 2.22. The fraction of sp³-hybridized carbons (Fsp3) is 0.500. The van der Waals surface area contributed by atoms with Crippen molar-refractivity contribution in [2.45, 2.75) is 6.92 Å². The first-order valence-corrected chi connectivity index (χ1v) is 7.78. The van der Waals surface area contributed by atoms with Gasteiger partial charge in [0.1, 0.15) is 0 Å². The van der Waals surface area contributed by atoms with Crippen molar-refractivity contribution in [3.05, 3.63) is 23.8 Å².